The minimum atomic E-state index is -0.775. The average molecular weight is 395 g/mol. The van der Waals surface area contributed by atoms with Crippen molar-refractivity contribution in [2.45, 2.75) is 38.6 Å². The van der Waals surface area contributed by atoms with Crippen LogP contribution in [0.3, 0.4) is 0 Å². The minimum absolute atomic E-state index is 0.00404. The van der Waals surface area contributed by atoms with Crippen LogP contribution in [0.2, 0.25) is 0 Å². The van der Waals surface area contributed by atoms with E-state index in [2.05, 4.69) is 5.32 Å². The summed E-state index contributed by atoms with van der Waals surface area (Å²) < 4.78 is 31.8. The molecular weight excluding hydrogens is 368 g/mol. The van der Waals surface area contributed by atoms with Crippen LogP contribution in [0.4, 0.5) is 13.6 Å². The Labute approximate surface area is 163 Å². The number of likely N-dealkylation sites (tertiary alicyclic amines) is 2. The number of hydrogen-bond acceptors (Lipinski definition) is 3. The van der Waals surface area contributed by atoms with Crippen molar-refractivity contribution >= 4 is 11.9 Å². The molecule has 0 radical (unpaired) electrons. The standard InChI is InChI=1S/C20H27F2N3O3/c1-14(13-28-18-5-4-16(21)12-17(18)22)23-20(27)25-10-6-15(7-11-25)19(26)24-8-2-3-9-24/h4-5,12,14-15H,2-3,6-11,13H2,1H3,(H,23,27). The van der Waals surface area contributed by atoms with Gasteiger partial charge in [0.05, 0.1) is 6.04 Å². The number of carbonyl (C=O) groups excluding carboxylic acids is 2. The van der Waals surface area contributed by atoms with E-state index in [1.807, 2.05) is 4.90 Å². The number of nitrogens with one attached hydrogen (secondary N) is 1. The molecule has 6 nitrogen and oxygen atoms in total. The molecule has 0 bridgehead atoms. The molecule has 0 aromatic heterocycles. The Morgan fingerprint density at radius 1 is 1.14 bits per heavy atom. The summed E-state index contributed by atoms with van der Waals surface area (Å²) in [6.45, 7) is 4.60. The van der Waals surface area contributed by atoms with Gasteiger partial charge in [0.25, 0.3) is 0 Å². The highest BCUT2D eigenvalue weighted by Crippen LogP contribution is 2.22. The lowest BCUT2D eigenvalue weighted by Crippen LogP contribution is -2.50. The van der Waals surface area contributed by atoms with Crippen LogP contribution >= 0.6 is 0 Å². The second-order valence-corrected chi connectivity index (χ2v) is 7.53. The molecule has 1 N–H and O–H groups in total. The van der Waals surface area contributed by atoms with Gasteiger partial charge < -0.3 is 19.9 Å². The summed E-state index contributed by atoms with van der Waals surface area (Å²) >= 11 is 0. The van der Waals surface area contributed by atoms with Crippen molar-refractivity contribution in [2.24, 2.45) is 5.92 Å². The molecule has 0 aliphatic carbocycles. The van der Waals surface area contributed by atoms with E-state index < -0.39 is 11.6 Å². The second kappa shape index (κ2) is 9.21. The Kier molecular flexibility index (Phi) is 6.70. The van der Waals surface area contributed by atoms with Crippen molar-refractivity contribution in [3.8, 4) is 5.75 Å². The van der Waals surface area contributed by atoms with Crippen LogP contribution < -0.4 is 10.1 Å². The molecule has 2 aliphatic rings. The van der Waals surface area contributed by atoms with E-state index in [-0.39, 0.29) is 36.3 Å². The SMILES string of the molecule is CC(COc1ccc(F)cc1F)NC(=O)N1CCC(C(=O)N2CCCC2)CC1. The molecular formula is C20H27F2N3O3. The van der Waals surface area contributed by atoms with Gasteiger partial charge in [-0.15, -0.1) is 0 Å². The van der Waals surface area contributed by atoms with Crippen LogP contribution in [0.25, 0.3) is 0 Å². The molecule has 1 unspecified atom stereocenters. The smallest absolute Gasteiger partial charge is 0.317 e. The lowest BCUT2D eigenvalue weighted by atomic mass is 9.95. The summed E-state index contributed by atoms with van der Waals surface area (Å²) in [7, 11) is 0. The van der Waals surface area contributed by atoms with Crippen LogP contribution in [-0.2, 0) is 4.79 Å². The Balaban J connectivity index is 1.40. The summed E-state index contributed by atoms with van der Waals surface area (Å²) in [5.41, 5.74) is 0. The van der Waals surface area contributed by atoms with Gasteiger partial charge in [0.1, 0.15) is 12.4 Å². The first-order valence-electron chi connectivity index (χ1n) is 9.86. The summed E-state index contributed by atoms with van der Waals surface area (Å²) in [5, 5.41) is 2.82. The number of urea groups is 1. The lowest BCUT2D eigenvalue weighted by molar-refractivity contribution is -0.135. The van der Waals surface area contributed by atoms with Crippen LogP contribution in [0.5, 0.6) is 5.75 Å². The third-order valence-corrected chi connectivity index (χ3v) is 5.30. The molecule has 0 spiro atoms. The first kappa shape index (κ1) is 20.4. The maximum atomic E-state index is 13.6. The molecule has 2 saturated heterocycles. The average Bonchev–Trinajstić information content (AvgIpc) is 3.21. The van der Waals surface area contributed by atoms with Crippen LogP contribution in [-0.4, -0.2) is 60.6 Å². The van der Waals surface area contributed by atoms with Crippen molar-refractivity contribution in [3.63, 3.8) is 0 Å². The molecule has 28 heavy (non-hydrogen) atoms. The van der Waals surface area contributed by atoms with E-state index in [4.69, 9.17) is 4.74 Å². The van der Waals surface area contributed by atoms with Crippen molar-refractivity contribution in [2.75, 3.05) is 32.8 Å². The Morgan fingerprint density at radius 3 is 2.46 bits per heavy atom. The third-order valence-electron chi connectivity index (χ3n) is 5.30. The maximum absolute atomic E-state index is 13.6. The number of carbonyl (C=O) groups is 2. The molecule has 8 heteroatoms. The number of benzene rings is 1. The summed E-state index contributed by atoms with van der Waals surface area (Å²) in [6, 6.07) is 2.53. The zero-order chi connectivity index (χ0) is 20.1. The van der Waals surface area contributed by atoms with Crippen LogP contribution in [0.1, 0.15) is 32.6 Å². The monoisotopic (exact) mass is 395 g/mol. The van der Waals surface area contributed by atoms with Gasteiger partial charge in [0.15, 0.2) is 11.6 Å². The molecule has 2 fully saturated rings. The fraction of sp³-hybridized carbons (Fsp3) is 0.600. The van der Waals surface area contributed by atoms with Gasteiger partial charge in [-0.1, -0.05) is 0 Å². The first-order chi connectivity index (χ1) is 13.4. The molecule has 3 amide bonds. The quantitative estimate of drug-likeness (QED) is 0.834. The highest BCUT2D eigenvalue weighted by Gasteiger charge is 2.31. The van der Waals surface area contributed by atoms with Gasteiger partial charge >= 0.3 is 6.03 Å². The fourth-order valence-corrected chi connectivity index (χ4v) is 3.68. The van der Waals surface area contributed by atoms with E-state index in [0.717, 1.165) is 38.1 Å². The van der Waals surface area contributed by atoms with Gasteiger partial charge in [-0.3, -0.25) is 4.79 Å². The van der Waals surface area contributed by atoms with E-state index >= 15 is 0 Å². The number of piperidine rings is 1. The van der Waals surface area contributed by atoms with E-state index in [1.54, 1.807) is 11.8 Å². The summed E-state index contributed by atoms with van der Waals surface area (Å²) in [5.74, 6) is -1.27. The number of ether oxygens (including phenoxy) is 1. The van der Waals surface area contributed by atoms with Crippen molar-refractivity contribution < 1.29 is 23.1 Å². The lowest BCUT2D eigenvalue weighted by Gasteiger charge is -2.33. The molecule has 3 rings (SSSR count). The molecule has 2 aliphatic heterocycles. The van der Waals surface area contributed by atoms with Crippen molar-refractivity contribution in [1.82, 2.24) is 15.1 Å². The maximum Gasteiger partial charge on any atom is 0.317 e. The second-order valence-electron chi connectivity index (χ2n) is 7.53. The highest BCUT2D eigenvalue weighted by molar-refractivity contribution is 5.80. The molecule has 1 atom stereocenters. The Bertz CT molecular complexity index is 702. The third kappa shape index (κ3) is 5.11. The predicted molar refractivity (Wildman–Crippen MR) is 100.0 cm³/mol. The number of hydrogen-bond donors (Lipinski definition) is 1. The Morgan fingerprint density at radius 2 is 1.82 bits per heavy atom. The molecule has 154 valence electrons. The number of nitrogens with zero attached hydrogens (tertiary/aromatic N) is 2. The summed E-state index contributed by atoms with van der Waals surface area (Å²) in [4.78, 5) is 28.5. The molecule has 0 saturated carbocycles. The van der Waals surface area contributed by atoms with Crippen molar-refractivity contribution in [1.29, 1.82) is 0 Å². The summed E-state index contributed by atoms with van der Waals surface area (Å²) in [6.07, 6.45) is 3.51. The molecule has 1 aromatic rings. The predicted octanol–water partition coefficient (Wildman–Crippen LogP) is 2.78. The van der Waals surface area contributed by atoms with Crippen LogP contribution in [0.15, 0.2) is 18.2 Å². The van der Waals surface area contributed by atoms with Gasteiger partial charge in [0.2, 0.25) is 5.91 Å². The fourth-order valence-electron chi connectivity index (χ4n) is 3.68. The number of amides is 3. The topological polar surface area (TPSA) is 61.9 Å². The van der Waals surface area contributed by atoms with Gasteiger partial charge in [-0.25, -0.2) is 13.6 Å². The zero-order valence-electron chi connectivity index (χ0n) is 16.1. The number of halogens is 2. The van der Waals surface area contributed by atoms with Gasteiger partial charge in [-0.2, -0.15) is 0 Å². The number of rotatable bonds is 5. The largest absolute Gasteiger partial charge is 0.488 e. The normalized spacial score (nSPS) is 18.8. The Hall–Kier alpha value is -2.38. The van der Waals surface area contributed by atoms with E-state index in [0.29, 0.717) is 25.9 Å². The molecule has 2 heterocycles. The van der Waals surface area contributed by atoms with Crippen molar-refractivity contribution in [3.05, 3.63) is 29.8 Å². The van der Waals surface area contributed by atoms with E-state index in [9.17, 15) is 18.4 Å². The van der Waals surface area contributed by atoms with Crippen LogP contribution in [0, 0.1) is 17.6 Å². The highest BCUT2D eigenvalue weighted by atomic mass is 19.1. The molecule has 1 aromatic carbocycles. The minimum Gasteiger partial charge on any atom is -0.488 e. The van der Waals surface area contributed by atoms with E-state index in [1.165, 1.54) is 6.07 Å². The first-order valence-corrected chi connectivity index (χ1v) is 9.86. The van der Waals surface area contributed by atoms with Gasteiger partial charge in [0, 0.05) is 38.2 Å². The zero-order valence-corrected chi connectivity index (χ0v) is 16.1. The van der Waals surface area contributed by atoms with Gasteiger partial charge in [-0.05, 0) is 44.7 Å².